The molecule has 0 aliphatic carbocycles. The monoisotopic (exact) mass is 437 g/mol. The molecule has 0 saturated carbocycles. The van der Waals surface area contributed by atoms with Gasteiger partial charge in [-0.2, -0.15) is 5.10 Å². The van der Waals surface area contributed by atoms with Gasteiger partial charge in [-0.1, -0.05) is 30.3 Å². The molecular formula is C23H24FN5O3. The first-order chi connectivity index (χ1) is 15.5. The SMILES string of the molecule is CC(NC(=O)c1n[nH]c2ccccc12)C(=O)N1CCCN(C(=O)c2ccccc2F)CC1. The first-order valence-corrected chi connectivity index (χ1v) is 10.5. The molecule has 1 aromatic heterocycles. The molecule has 8 nitrogen and oxygen atoms in total. The lowest BCUT2D eigenvalue weighted by Crippen LogP contribution is -2.48. The van der Waals surface area contributed by atoms with Gasteiger partial charge < -0.3 is 15.1 Å². The maximum absolute atomic E-state index is 14.0. The minimum absolute atomic E-state index is 0.0270. The Hall–Kier alpha value is -3.75. The predicted molar refractivity (Wildman–Crippen MR) is 117 cm³/mol. The van der Waals surface area contributed by atoms with E-state index in [1.165, 1.54) is 18.2 Å². The number of hydrogen-bond acceptors (Lipinski definition) is 4. The number of carbonyl (C=O) groups is 3. The van der Waals surface area contributed by atoms with Crippen molar-refractivity contribution in [1.29, 1.82) is 0 Å². The Morgan fingerprint density at radius 2 is 1.69 bits per heavy atom. The van der Waals surface area contributed by atoms with E-state index in [0.29, 0.717) is 38.0 Å². The van der Waals surface area contributed by atoms with Crippen LogP contribution in [0.5, 0.6) is 0 Å². The van der Waals surface area contributed by atoms with Crippen molar-refractivity contribution in [2.75, 3.05) is 26.2 Å². The molecule has 0 radical (unpaired) electrons. The van der Waals surface area contributed by atoms with Crippen LogP contribution in [0.3, 0.4) is 0 Å². The molecule has 2 aromatic carbocycles. The van der Waals surface area contributed by atoms with Crippen molar-refractivity contribution in [3.05, 3.63) is 65.6 Å². The van der Waals surface area contributed by atoms with Crippen molar-refractivity contribution in [3.8, 4) is 0 Å². The van der Waals surface area contributed by atoms with E-state index in [2.05, 4.69) is 15.5 Å². The topological polar surface area (TPSA) is 98.4 Å². The molecule has 1 atom stereocenters. The molecule has 1 fully saturated rings. The second-order valence-electron chi connectivity index (χ2n) is 7.76. The summed E-state index contributed by atoms with van der Waals surface area (Å²) in [5.41, 5.74) is 1.00. The summed E-state index contributed by atoms with van der Waals surface area (Å²) in [5.74, 6) is -1.62. The van der Waals surface area contributed by atoms with Gasteiger partial charge in [-0.25, -0.2) is 4.39 Å². The number of rotatable bonds is 4. The molecule has 1 saturated heterocycles. The normalized spacial score (nSPS) is 15.3. The van der Waals surface area contributed by atoms with Crippen molar-refractivity contribution in [2.45, 2.75) is 19.4 Å². The van der Waals surface area contributed by atoms with E-state index >= 15 is 0 Å². The smallest absolute Gasteiger partial charge is 0.273 e. The third kappa shape index (κ3) is 4.32. The standard InChI is InChI=1S/C23H24FN5O3/c1-15(25-21(30)20-17-8-3-5-10-19(17)26-27-20)22(31)28-11-6-12-29(14-13-28)23(32)16-7-2-4-9-18(16)24/h2-5,7-10,15H,6,11-14H2,1H3,(H,25,30)(H,26,27). The zero-order valence-corrected chi connectivity index (χ0v) is 17.7. The highest BCUT2D eigenvalue weighted by molar-refractivity contribution is 6.05. The van der Waals surface area contributed by atoms with Gasteiger partial charge >= 0.3 is 0 Å². The second-order valence-corrected chi connectivity index (χ2v) is 7.76. The Bertz CT molecular complexity index is 1160. The van der Waals surface area contributed by atoms with Crippen LogP contribution in [-0.2, 0) is 4.79 Å². The summed E-state index contributed by atoms with van der Waals surface area (Å²) in [6.45, 7) is 3.11. The van der Waals surface area contributed by atoms with E-state index in [4.69, 9.17) is 0 Å². The Morgan fingerprint density at radius 3 is 2.50 bits per heavy atom. The van der Waals surface area contributed by atoms with Crippen LogP contribution in [0.2, 0.25) is 0 Å². The number of aromatic nitrogens is 2. The number of aromatic amines is 1. The number of nitrogens with zero attached hydrogens (tertiary/aromatic N) is 3. The Balaban J connectivity index is 1.37. The molecule has 2 N–H and O–H groups in total. The predicted octanol–water partition coefficient (Wildman–Crippen LogP) is 2.19. The van der Waals surface area contributed by atoms with Crippen LogP contribution in [0.1, 0.15) is 34.2 Å². The molecule has 3 aromatic rings. The lowest BCUT2D eigenvalue weighted by atomic mass is 10.2. The number of H-pyrrole nitrogens is 1. The van der Waals surface area contributed by atoms with Crippen LogP contribution < -0.4 is 5.32 Å². The maximum Gasteiger partial charge on any atom is 0.273 e. The fourth-order valence-corrected chi connectivity index (χ4v) is 3.88. The van der Waals surface area contributed by atoms with Crippen molar-refractivity contribution in [1.82, 2.24) is 25.3 Å². The van der Waals surface area contributed by atoms with Crippen LogP contribution in [0.15, 0.2) is 48.5 Å². The summed E-state index contributed by atoms with van der Waals surface area (Å²) >= 11 is 0. The van der Waals surface area contributed by atoms with Crippen molar-refractivity contribution in [3.63, 3.8) is 0 Å². The zero-order valence-electron chi connectivity index (χ0n) is 17.7. The second kappa shape index (κ2) is 9.17. The molecule has 1 unspecified atom stereocenters. The molecule has 2 heterocycles. The minimum atomic E-state index is -0.758. The average Bonchev–Trinajstić information content (AvgIpc) is 3.08. The summed E-state index contributed by atoms with van der Waals surface area (Å²) in [4.78, 5) is 41.5. The highest BCUT2D eigenvalue weighted by Crippen LogP contribution is 2.16. The Morgan fingerprint density at radius 1 is 1.00 bits per heavy atom. The molecule has 1 aliphatic heterocycles. The highest BCUT2D eigenvalue weighted by Gasteiger charge is 2.28. The van der Waals surface area contributed by atoms with Gasteiger partial charge in [0, 0.05) is 31.6 Å². The fourth-order valence-electron chi connectivity index (χ4n) is 3.88. The maximum atomic E-state index is 14.0. The van der Waals surface area contributed by atoms with Gasteiger partial charge in [-0.15, -0.1) is 0 Å². The first kappa shape index (κ1) is 21.5. The van der Waals surface area contributed by atoms with Crippen LogP contribution in [0.4, 0.5) is 4.39 Å². The highest BCUT2D eigenvalue weighted by atomic mass is 19.1. The first-order valence-electron chi connectivity index (χ1n) is 10.5. The third-order valence-electron chi connectivity index (χ3n) is 5.60. The molecule has 4 rings (SSSR count). The Kier molecular flexibility index (Phi) is 6.16. The van der Waals surface area contributed by atoms with Gasteiger partial charge in [0.25, 0.3) is 11.8 Å². The van der Waals surface area contributed by atoms with Crippen LogP contribution in [0.25, 0.3) is 10.9 Å². The zero-order chi connectivity index (χ0) is 22.7. The molecule has 0 spiro atoms. The van der Waals surface area contributed by atoms with E-state index in [9.17, 15) is 18.8 Å². The van der Waals surface area contributed by atoms with Gasteiger partial charge in [0.05, 0.1) is 11.1 Å². The number of nitrogens with one attached hydrogen (secondary N) is 2. The Labute approximate surface area is 184 Å². The van der Waals surface area contributed by atoms with Gasteiger partial charge in [-0.05, 0) is 31.5 Å². The van der Waals surface area contributed by atoms with E-state index < -0.39 is 17.8 Å². The van der Waals surface area contributed by atoms with Crippen molar-refractivity contribution in [2.24, 2.45) is 0 Å². The summed E-state index contributed by atoms with van der Waals surface area (Å²) in [5, 5.41) is 10.3. The van der Waals surface area contributed by atoms with Gasteiger partial charge in [0.1, 0.15) is 11.9 Å². The van der Waals surface area contributed by atoms with E-state index in [1.54, 1.807) is 28.9 Å². The van der Waals surface area contributed by atoms with Crippen molar-refractivity contribution >= 4 is 28.6 Å². The fraction of sp³-hybridized carbons (Fsp3) is 0.304. The number of fused-ring (bicyclic) bond motifs is 1. The molecule has 32 heavy (non-hydrogen) atoms. The van der Waals surface area contributed by atoms with Crippen LogP contribution >= 0.6 is 0 Å². The number of para-hydroxylation sites is 1. The number of benzene rings is 2. The third-order valence-corrected chi connectivity index (χ3v) is 5.60. The number of halogens is 1. The quantitative estimate of drug-likeness (QED) is 0.654. The largest absolute Gasteiger partial charge is 0.339 e. The summed E-state index contributed by atoms with van der Waals surface area (Å²) in [7, 11) is 0. The summed E-state index contributed by atoms with van der Waals surface area (Å²) < 4.78 is 14.0. The van der Waals surface area contributed by atoms with Crippen LogP contribution in [-0.4, -0.2) is 69.9 Å². The number of carbonyl (C=O) groups excluding carboxylic acids is 3. The molecule has 3 amide bonds. The molecule has 166 valence electrons. The minimum Gasteiger partial charge on any atom is -0.339 e. The van der Waals surface area contributed by atoms with Crippen LogP contribution in [0, 0.1) is 5.82 Å². The van der Waals surface area contributed by atoms with Crippen molar-refractivity contribution < 1.29 is 18.8 Å². The lowest BCUT2D eigenvalue weighted by molar-refractivity contribution is -0.132. The average molecular weight is 437 g/mol. The van der Waals surface area contributed by atoms with Gasteiger partial charge in [0.15, 0.2) is 5.69 Å². The number of hydrogen-bond donors (Lipinski definition) is 2. The van der Waals surface area contributed by atoms with E-state index in [1.807, 2.05) is 18.2 Å². The van der Waals surface area contributed by atoms with Gasteiger partial charge in [0.2, 0.25) is 5.91 Å². The number of amides is 3. The summed E-state index contributed by atoms with van der Waals surface area (Å²) in [6, 6.07) is 12.4. The molecular weight excluding hydrogens is 413 g/mol. The van der Waals surface area contributed by atoms with Gasteiger partial charge in [-0.3, -0.25) is 19.5 Å². The lowest BCUT2D eigenvalue weighted by Gasteiger charge is -2.25. The molecule has 1 aliphatic rings. The summed E-state index contributed by atoms with van der Waals surface area (Å²) in [6.07, 6.45) is 0.566. The van der Waals surface area contributed by atoms with E-state index in [0.717, 1.165) is 5.52 Å². The molecule has 0 bridgehead atoms. The van der Waals surface area contributed by atoms with E-state index in [-0.39, 0.29) is 23.1 Å². The molecule has 9 heteroatoms.